The molecule has 0 saturated heterocycles. The fourth-order valence-corrected chi connectivity index (χ4v) is 1.67. The van der Waals surface area contributed by atoms with Gasteiger partial charge in [0.2, 0.25) is 0 Å². The van der Waals surface area contributed by atoms with Crippen LogP contribution in [0.1, 0.15) is 18.9 Å². The molecule has 3 atom stereocenters. The summed E-state index contributed by atoms with van der Waals surface area (Å²) in [6.45, 7) is 6.08. The molecule has 3 heteroatoms. The first-order chi connectivity index (χ1) is 8.65. The lowest BCUT2D eigenvalue weighted by Gasteiger charge is -2.23. The van der Waals surface area contributed by atoms with Crippen molar-refractivity contribution in [2.75, 3.05) is 6.61 Å². The Kier molecular flexibility index (Phi) is 6.65. The van der Waals surface area contributed by atoms with Gasteiger partial charge in [-0.25, -0.2) is 0 Å². The van der Waals surface area contributed by atoms with Gasteiger partial charge in [0.25, 0.3) is 0 Å². The molecule has 0 aliphatic rings. The number of ether oxygens (including phenoxy) is 1. The first-order valence-corrected chi connectivity index (χ1v) is 6.23. The second-order valence-electron chi connectivity index (χ2n) is 4.52. The van der Waals surface area contributed by atoms with Crippen LogP contribution in [0.5, 0.6) is 0 Å². The van der Waals surface area contributed by atoms with Crippen LogP contribution in [0.15, 0.2) is 43.0 Å². The molecule has 0 bridgehead atoms. The Balaban J connectivity index is 2.28. The number of benzene rings is 1. The molecule has 0 saturated carbocycles. The van der Waals surface area contributed by atoms with E-state index >= 15 is 0 Å². The Hall–Kier alpha value is -1.16. The van der Waals surface area contributed by atoms with Gasteiger partial charge in [-0.15, -0.1) is 6.58 Å². The van der Waals surface area contributed by atoms with Crippen molar-refractivity contribution < 1.29 is 14.9 Å². The van der Waals surface area contributed by atoms with Gasteiger partial charge in [-0.1, -0.05) is 43.3 Å². The number of hydrogen-bond donors (Lipinski definition) is 2. The smallest absolute Gasteiger partial charge is 0.0824 e. The molecule has 0 radical (unpaired) electrons. The summed E-state index contributed by atoms with van der Waals surface area (Å²) in [5.41, 5.74) is 1.07. The SMILES string of the molecule is C=CC[C@H](O)[C@H](C)[C@@H](O)COCc1ccccc1. The lowest BCUT2D eigenvalue weighted by molar-refractivity contribution is -0.0344. The molecule has 3 nitrogen and oxygen atoms in total. The van der Waals surface area contributed by atoms with Crippen LogP contribution in [-0.2, 0) is 11.3 Å². The second-order valence-corrected chi connectivity index (χ2v) is 4.52. The van der Waals surface area contributed by atoms with Gasteiger partial charge in [-0.3, -0.25) is 0 Å². The molecule has 1 aromatic carbocycles. The number of rotatable bonds is 8. The predicted molar refractivity (Wildman–Crippen MR) is 72.1 cm³/mol. The minimum Gasteiger partial charge on any atom is -0.392 e. The minimum atomic E-state index is -0.663. The summed E-state index contributed by atoms with van der Waals surface area (Å²) in [4.78, 5) is 0. The van der Waals surface area contributed by atoms with Crippen LogP contribution in [0, 0.1) is 5.92 Å². The normalized spacial score (nSPS) is 15.9. The van der Waals surface area contributed by atoms with Gasteiger partial charge in [-0.2, -0.15) is 0 Å². The predicted octanol–water partition coefficient (Wildman–Crippen LogP) is 2.14. The molecule has 0 fully saturated rings. The van der Waals surface area contributed by atoms with E-state index in [0.717, 1.165) is 5.56 Å². The quantitative estimate of drug-likeness (QED) is 0.695. The standard InChI is InChI=1S/C15H22O3/c1-3-7-14(16)12(2)15(17)11-18-10-13-8-5-4-6-9-13/h3-6,8-9,12,14-17H,1,7,10-11H2,2H3/t12-,14-,15-/m0/s1. The summed E-state index contributed by atoms with van der Waals surface area (Å²) in [6.07, 6.45) is 0.900. The van der Waals surface area contributed by atoms with Crippen molar-refractivity contribution in [2.24, 2.45) is 5.92 Å². The fraction of sp³-hybridized carbons (Fsp3) is 0.467. The van der Waals surface area contributed by atoms with E-state index in [1.165, 1.54) is 0 Å². The maximum absolute atomic E-state index is 9.87. The highest BCUT2D eigenvalue weighted by Gasteiger charge is 2.21. The lowest BCUT2D eigenvalue weighted by Crippen LogP contribution is -2.32. The van der Waals surface area contributed by atoms with Gasteiger partial charge >= 0.3 is 0 Å². The molecule has 1 aromatic rings. The van der Waals surface area contributed by atoms with Crippen LogP contribution < -0.4 is 0 Å². The third-order valence-corrected chi connectivity index (χ3v) is 3.02. The average molecular weight is 250 g/mol. The maximum Gasteiger partial charge on any atom is 0.0824 e. The molecule has 0 amide bonds. The molecule has 18 heavy (non-hydrogen) atoms. The number of hydrogen-bond acceptors (Lipinski definition) is 3. The Morgan fingerprint density at radius 1 is 1.22 bits per heavy atom. The van der Waals surface area contributed by atoms with Crippen LogP contribution >= 0.6 is 0 Å². The van der Waals surface area contributed by atoms with Crippen LogP contribution in [0.4, 0.5) is 0 Å². The number of aliphatic hydroxyl groups excluding tert-OH is 2. The molecule has 2 N–H and O–H groups in total. The second kappa shape index (κ2) is 8.03. The van der Waals surface area contributed by atoms with Crippen molar-refractivity contribution in [3.05, 3.63) is 48.6 Å². The zero-order valence-corrected chi connectivity index (χ0v) is 10.8. The Labute approximate surface area is 109 Å². The number of aliphatic hydroxyl groups is 2. The summed E-state index contributed by atoms with van der Waals surface area (Å²) < 4.78 is 5.44. The van der Waals surface area contributed by atoms with Crippen molar-refractivity contribution in [1.29, 1.82) is 0 Å². The first-order valence-electron chi connectivity index (χ1n) is 6.23. The van der Waals surface area contributed by atoms with E-state index in [4.69, 9.17) is 4.74 Å². The van der Waals surface area contributed by atoms with E-state index in [-0.39, 0.29) is 12.5 Å². The maximum atomic E-state index is 9.87. The zero-order valence-electron chi connectivity index (χ0n) is 10.8. The monoisotopic (exact) mass is 250 g/mol. The van der Waals surface area contributed by atoms with Gasteiger partial charge in [0.1, 0.15) is 0 Å². The highest BCUT2D eigenvalue weighted by atomic mass is 16.5. The molecule has 1 rings (SSSR count). The van der Waals surface area contributed by atoms with Gasteiger partial charge in [-0.05, 0) is 12.0 Å². The van der Waals surface area contributed by atoms with Crippen LogP contribution in [0.25, 0.3) is 0 Å². The highest BCUT2D eigenvalue weighted by Crippen LogP contribution is 2.13. The van der Waals surface area contributed by atoms with Crippen LogP contribution in [0.2, 0.25) is 0 Å². The van der Waals surface area contributed by atoms with Crippen molar-refractivity contribution in [1.82, 2.24) is 0 Å². The topological polar surface area (TPSA) is 49.7 Å². The first kappa shape index (κ1) is 14.9. The fourth-order valence-electron chi connectivity index (χ4n) is 1.67. The largest absolute Gasteiger partial charge is 0.392 e. The average Bonchev–Trinajstić information content (AvgIpc) is 2.39. The Bertz CT molecular complexity index is 337. The van der Waals surface area contributed by atoms with E-state index in [1.807, 2.05) is 37.3 Å². The van der Waals surface area contributed by atoms with E-state index in [9.17, 15) is 10.2 Å². The zero-order chi connectivity index (χ0) is 13.4. The molecule has 0 aliphatic carbocycles. The van der Waals surface area contributed by atoms with Crippen LogP contribution in [0.3, 0.4) is 0 Å². The summed E-state index contributed by atoms with van der Waals surface area (Å²) in [6, 6.07) is 9.80. The van der Waals surface area contributed by atoms with E-state index < -0.39 is 12.2 Å². The van der Waals surface area contributed by atoms with E-state index in [0.29, 0.717) is 13.0 Å². The van der Waals surface area contributed by atoms with Crippen molar-refractivity contribution in [3.8, 4) is 0 Å². The molecule has 0 heterocycles. The van der Waals surface area contributed by atoms with E-state index in [2.05, 4.69) is 6.58 Å². The van der Waals surface area contributed by atoms with Crippen molar-refractivity contribution in [2.45, 2.75) is 32.2 Å². The van der Waals surface area contributed by atoms with Crippen molar-refractivity contribution >= 4 is 0 Å². The Morgan fingerprint density at radius 3 is 2.50 bits per heavy atom. The summed E-state index contributed by atoms with van der Waals surface area (Å²) >= 11 is 0. The van der Waals surface area contributed by atoms with Gasteiger partial charge in [0.05, 0.1) is 25.4 Å². The van der Waals surface area contributed by atoms with Gasteiger partial charge < -0.3 is 14.9 Å². The summed E-state index contributed by atoms with van der Waals surface area (Å²) in [5.74, 6) is -0.223. The lowest BCUT2D eigenvalue weighted by atomic mass is 9.96. The summed E-state index contributed by atoms with van der Waals surface area (Å²) in [5, 5.41) is 19.6. The minimum absolute atomic E-state index is 0.223. The van der Waals surface area contributed by atoms with Crippen molar-refractivity contribution in [3.63, 3.8) is 0 Å². The van der Waals surface area contributed by atoms with Gasteiger partial charge in [0.15, 0.2) is 0 Å². The molecule has 100 valence electrons. The highest BCUT2D eigenvalue weighted by molar-refractivity contribution is 5.13. The molecule has 0 spiro atoms. The Morgan fingerprint density at radius 2 is 1.89 bits per heavy atom. The molecule has 0 unspecified atom stereocenters. The third kappa shape index (κ3) is 5.00. The molecular weight excluding hydrogens is 228 g/mol. The van der Waals surface area contributed by atoms with Crippen LogP contribution in [-0.4, -0.2) is 29.0 Å². The van der Waals surface area contributed by atoms with E-state index in [1.54, 1.807) is 6.08 Å². The molecule has 0 aromatic heterocycles. The summed E-state index contributed by atoms with van der Waals surface area (Å²) in [7, 11) is 0. The third-order valence-electron chi connectivity index (χ3n) is 3.02. The molecule has 0 aliphatic heterocycles. The molecular formula is C15H22O3. The van der Waals surface area contributed by atoms with Gasteiger partial charge in [0, 0.05) is 5.92 Å².